The maximum Gasteiger partial charge on any atom is 0.255 e. The SMILES string of the molecule is NC(=O)C1CC(NC(=O)c2ccc(-n3ccccc3=O)cc2F)CN1C(=O)C1CC1. The number of carbonyl (C=O) groups excluding carboxylic acids is 3. The predicted octanol–water partition coefficient (Wildman–Crippen LogP) is 0.571. The Balaban J connectivity index is 1.48. The first-order valence-electron chi connectivity index (χ1n) is 9.73. The van der Waals surface area contributed by atoms with Crippen LogP contribution in [0, 0.1) is 11.7 Å². The quantitative estimate of drug-likeness (QED) is 0.747. The van der Waals surface area contributed by atoms with Gasteiger partial charge in [0.05, 0.1) is 11.3 Å². The van der Waals surface area contributed by atoms with Gasteiger partial charge in [-0.15, -0.1) is 0 Å². The van der Waals surface area contributed by atoms with Crippen molar-refractivity contribution in [2.24, 2.45) is 11.7 Å². The lowest BCUT2D eigenvalue weighted by molar-refractivity contribution is -0.138. The van der Waals surface area contributed by atoms with Gasteiger partial charge in [0.2, 0.25) is 11.8 Å². The molecule has 2 heterocycles. The molecule has 2 aromatic rings. The number of aromatic nitrogens is 1. The Hall–Kier alpha value is -3.49. The van der Waals surface area contributed by atoms with Gasteiger partial charge in [0.25, 0.3) is 11.5 Å². The standard InChI is InChI=1S/C21H21FN4O4/c22-16-10-14(25-8-2-1-3-18(25)27)6-7-15(16)20(29)24-13-9-17(19(23)28)26(11-13)21(30)12-4-5-12/h1-3,6-8,10,12-13,17H,4-5,9,11H2,(H2,23,28)(H,24,29). The zero-order chi connectivity index (χ0) is 21.4. The Kier molecular flexibility index (Phi) is 5.11. The van der Waals surface area contributed by atoms with E-state index in [1.54, 1.807) is 12.1 Å². The van der Waals surface area contributed by atoms with E-state index in [0.29, 0.717) is 5.69 Å². The summed E-state index contributed by atoms with van der Waals surface area (Å²) in [5, 5.41) is 2.69. The van der Waals surface area contributed by atoms with E-state index in [1.165, 1.54) is 33.9 Å². The molecular weight excluding hydrogens is 391 g/mol. The number of pyridine rings is 1. The van der Waals surface area contributed by atoms with E-state index in [4.69, 9.17) is 5.73 Å². The Bertz CT molecular complexity index is 1080. The Morgan fingerprint density at radius 2 is 1.90 bits per heavy atom. The number of nitrogens with zero attached hydrogens (tertiary/aromatic N) is 2. The van der Waals surface area contributed by atoms with Crippen molar-refractivity contribution < 1.29 is 18.8 Å². The fourth-order valence-electron chi connectivity index (χ4n) is 3.76. The molecule has 3 N–H and O–H groups in total. The summed E-state index contributed by atoms with van der Waals surface area (Å²) < 4.78 is 15.9. The number of hydrogen-bond donors (Lipinski definition) is 2. The van der Waals surface area contributed by atoms with Crippen LogP contribution < -0.4 is 16.6 Å². The lowest BCUT2D eigenvalue weighted by Gasteiger charge is -2.21. The lowest BCUT2D eigenvalue weighted by Crippen LogP contribution is -2.44. The first kappa shape index (κ1) is 19.8. The number of carbonyl (C=O) groups is 3. The van der Waals surface area contributed by atoms with Crippen molar-refractivity contribution in [1.82, 2.24) is 14.8 Å². The van der Waals surface area contributed by atoms with Gasteiger partial charge < -0.3 is 16.0 Å². The zero-order valence-electron chi connectivity index (χ0n) is 16.1. The molecule has 2 fully saturated rings. The van der Waals surface area contributed by atoms with Gasteiger partial charge in [0.15, 0.2) is 0 Å². The van der Waals surface area contributed by atoms with Crippen molar-refractivity contribution in [2.75, 3.05) is 6.54 Å². The summed E-state index contributed by atoms with van der Waals surface area (Å²) in [6.07, 6.45) is 3.28. The Morgan fingerprint density at radius 1 is 1.13 bits per heavy atom. The summed E-state index contributed by atoms with van der Waals surface area (Å²) in [4.78, 5) is 50.1. The summed E-state index contributed by atoms with van der Waals surface area (Å²) in [7, 11) is 0. The highest BCUT2D eigenvalue weighted by molar-refractivity contribution is 5.95. The summed E-state index contributed by atoms with van der Waals surface area (Å²) >= 11 is 0. The van der Waals surface area contributed by atoms with Gasteiger partial charge in [0, 0.05) is 30.8 Å². The number of amides is 3. The molecule has 0 radical (unpaired) electrons. The number of nitrogens with one attached hydrogen (secondary N) is 1. The molecule has 1 aromatic carbocycles. The second-order valence-electron chi connectivity index (χ2n) is 7.66. The minimum absolute atomic E-state index is 0.0762. The van der Waals surface area contributed by atoms with E-state index < -0.39 is 29.7 Å². The van der Waals surface area contributed by atoms with Crippen LogP contribution in [0.25, 0.3) is 5.69 Å². The topological polar surface area (TPSA) is 114 Å². The van der Waals surface area contributed by atoms with Crippen molar-refractivity contribution in [3.8, 4) is 5.69 Å². The highest BCUT2D eigenvalue weighted by Crippen LogP contribution is 2.33. The fourth-order valence-corrected chi connectivity index (χ4v) is 3.76. The monoisotopic (exact) mass is 412 g/mol. The third-order valence-corrected chi connectivity index (χ3v) is 5.47. The largest absolute Gasteiger partial charge is 0.368 e. The number of likely N-dealkylation sites (tertiary alicyclic amines) is 1. The molecule has 2 aliphatic rings. The smallest absolute Gasteiger partial charge is 0.255 e. The second kappa shape index (κ2) is 7.74. The number of benzene rings is 1. The molecule has 1 aromatic heterocycles. The third kappa shape index (κ3) is 3.83. The van der Waals surface area contributed by atoms with Crippen molar-refractivity contribution in [3.05, 3.63) is 64.3 Å². The maximum atomic E-state index is 14.6. The van der Waals surface area contributed by atoms with Crippen LogP contribution in [0.5, 0.6) is 0 Å². The fraction of sp³-hybridized carbons (Fsp3) is 0.333. The van der Waals surface area contributed by atoms with Crippen LogP contribution in [0.4, 0.5) is 4.39 Å². The summed E-state index contributed by atoms with van der Waals surface area (Å²) in [5.74, 6) is -2.26. The highest BCUT2D eigenvalue weighted by Gasteiger charge is 2.44. The van der Waals surface area contributed by atoms with E-state index in [0.717, 1.165) is 18.9 Å². The normalized spacial score (nSPS) is 20.8. The van der Waals surface area contributed by atoms with Crippen molar-refractivity contribution in [1.29, 1.82) is 0 Å². The number of halogens is 1. The molecular formula is C21H21FN4O4. The van der Waals surface area contributed by atoms with E-state index in [1.807, 2.05) is 0 Å². The van der Waals surface area contributed by atoms with Gasteiger partial charge in [-0.2, -0.15) is 0 Å². The van der Waals surface area contributed by atoms with Crippen LogP contribution in [0.3, 0.4) is 0 Å². The zero-order valence-corrected chi connectivity index (χ0v) is 16.1. The Morgan fingerprint density at radius 3 is 2.53 bits per heavy atom. The summed E-state index contributed by atoms with van der Waals surface area (Å²) in [6, 6.07) is 7.17. The number of rotatable bonds is 5. The van der Waals surface area contributed by atoms with Gasteiger partial charge in [0.1, 0.15) is 11.9 Å². The summed E-state index contributed by atoms with van der Waals surface area (Å²) in [5.41, 5.74) is 5.21. The van der Waals surface area contributed by atoms with Gasteiger partial charge in [-0.3, -0.25) is 23.7 Å². The van der Waals surface area contributed by atoms with Gasteiger partial charge in [-0.05, 0) is 43.5 Å². The van der Waals surface area contributed by atoms with Gasteiger partial charge in [-0.25, -0.2) is 4.39 Å². The van der Waals surface area contributed by atoms with Crippen LogP contribution in [0.1, 0.15) is 29.6 Å². The van der Waals surface area contributed by atoms with Gasteiger partial charge >= 0.3 is 0 Å². The number of hydrogen-bond acceptors (Lipinski definition) is 4. The molecule has 1 saturated heterocycles. The minimum atomic E-state index is -0.781. The average Bonchev–Trinajstić information content (AvgIpc) is 3.47. The summed E-state index contributed by atoms with van der Waals surface area (Å²) in [6.45, 7) is 0.161. The molecule has 8 nitrogen and oxygen atoms in total. The van der Waals surface area contributed by atoms with Gasteiger partial charge in [-0.1, -0.05) is 6.07 Å². The molecule has 3 amide bonds. The molecule has 30 heavy (non-hydrogen) atoms. The molecule has 156 valence electrons. The molecule has 1 aliphatic carbocycles. The van der Waals surface area contributed by atoms with Crippen LogP contribution in [0.15, 0.2) is 47.4 Å². The number of nitrogens with two attached hydrogens (primary N) is 1. The van der Waals surface area contributed by atoms with Crippen molar-refractivity contribution in [3.63, 3.8) is 0 Å². The Labute approximate surface area is 171 Å². The third-order valence-electron chi connectivity index (χ3n) is 5.47. The lowest BCUT2D eigenvalue weighted by atomic mass is 10.1. The molecule has 2 unspecified atom stereocenters. The van der Waals surface area contributed by atoms with E-state index in [9.17, 15) is 23.6 Å². The molecule has 1 saturated carbocycles. The maximum absolute atomic E-state index is 14.6. The highest BCUT2D eigenvalue weighted by atomic mass is 19.1. The second-order valence-corrected chi connectivity index (χ2v) is 7.66. The van der Waals surface area contributed by atoms with E-state index >= 15 is 0 Å². The van der Waals surface area contributed by atoms with Crippen LogP contribution in [0.2, 0.25) is 0 Å². The first-order valence-corrected chi connectivity index (χ1v) is 9.73. The van der Waals surface area contributed by atoms with Crippen LogP contribution in [-0.4, -0.2) is 45.8 Å². The molecule has 2 atom stereocenters. The molecule has 4 rings (SSSR count). The van der Waals surface area contributed by atoms with Crippen LogP contribution >= 0.6 is 0 Å². The van der Waals surface area contributed by atoms with E-state index in [-0.39, 0.29) is 35.9 Å². The molecule has 9 heteroatoms. The average molecular weight is 412 g/mol. The first-order chi connectivity index (χ1) is 14.3. The van der Waals surface area contributed by atoms with Crippen LogP contribution in [-0.2, 0) is 9.59 Å². The predicted molar refractivity (Wildman–Crippen MR) is 105 cm³/mol. The molecule has 0 spiro atoms. The van der Waals surface area contributed by atoms with E-state index in [2.05, 4.69) is 5.32 Å². The van der Waals surface area contributed by atoms with Crippen molar-refractivity contribution >= 4 is 17.7 Å². The minimum Gasteiger partial charge on any atom is -0.368 e. The van der Waals surface area contributed by atoms with Crippen molar-refractivity contribution in [2.45, 2.75) is 31.3 Å². The number of primary amides is 1. The molecule has 1 aliphatic heterocycles. The molecule has 0 bridgehead atoms.